The van der Waals surface area contributed by atoms with Crippen LogP contribution in [0, 0.1) is 5.92 Å². The van der Waals surface area contributed by atoms with Gasteiger partial charge in [-0.3, -0.25) is 0 Å². The molecule has 1 aliphatic rings. The van der Waals surface area contributed by atoms with Crippen LogP contribution in [0.2, 0.25) is 0 Å². The molecule has 0 amide bonds. The molecule has 0 aromatic heterocycles. The molecule has 0 bridgehead atoms. The summed E-state index contributed by atoms with van der Waals surface area (Å²) in [4.78, 5) is 0. The predicted molar refractivity (Wildman–Crippen MR) is 46.8 cm³/mol. The maximum absolute atomic E-state index is 11.9. The third-order valence-electron chi connectivity index (χ3n) is 2.82. The molecule has 0 aromatic carbocycles. The zero-order valence-electron chi connectivity index (χ0n) is 8.40. The Balaban J connectivity index is 2.39. The van der Waals surface area contributed by atoms with Crippen LogP contribution < -0.4 is 5.73 Å². The molecule has 0 aromatic rings. The molecule has 84 valence electrons. The highest BCUT2D eigenvalue weighted by molar-refractivity contribution is 5.03. The van der Waals surface area contributed by atoms with E-state index in [-0.39, 0.29) is 12.3 Å². The van der Waals surface area contributed by atoms with Gasteiger partial charge in [-0.15, -0.1) is 0 Å². The van der Waals surface area contributed by atoms with Gasteiger partial charge in [0.05, 0.1) is 6.61 Å². The SMILES string of the molecule is CC(C)C1(C(N)CCC(F)(F)F)CO1. The maximum Gasteiger partial charge on any atom is 0.389 e. The molecule has 2 atom stereocenters. The Kier molecular flexibility index (Phi) is 3.11. The quantitative estimate of drug-likeness (QED) is 0.723. The van der Waals surface area contributed by atoms with Crippen LogP contribution in [0.5, 0.6) is 0 Å². The molecule has 2 unspecified atom stereocenters. The summed E-state index contributed by atoms with van der Waals surface area (Å²) < 4.78 is 41.0. The van der Waals surface area contributed by atoms with Gasteiger partial charge in [-0.25, -0.2) is 0 Å². The monoisotopic (exact) mass is 211 g/mol. The predicted octanol–water partition coefficient (Wildman–Crippen LogP) is 2.08. The van der Waals surface area contributed by atoms with E-state index >= 15 is 0 Å². The molecule has 0 saturated carbocycles. The van der Waals surface area contributed by atoms with Crippen LogP contribution in [0.15, 0.2) is 0 Å². The Morgan fingerprint density at radius 2 is 1.93 bits per heavy atom. The summed E-state index contributed by atoms with van der Waals surface area (Å²) in [6, 6.07) is -0.510. The number of rotatable bonds is 4. The van der Waals surface area contributed by atoms with Crippen molar-refractivity contribution in [2.75, 3.05) is 6.61 Å². The largest absolute Gasteiger partial charge is 0.389 e. The van der Waals surface area contributed by atoms with E-state index in [1.807, 2.05) is 13.8 Å². The standard InChI is InChI=1S/C9H16F3NO/c1-6(2)8(5-14-8)7(13)3-4-9(10,11)12/h6-7H,3-5,13H2,1-2H3. The van der Waals surface area contributed by atoms with Gasteiger partial charge in [-0.1, -0.05) is 13.8 Å². The lowest BCUT2D eigenvalue weighted by Gasteiger charge is -2.23. The lowest BCUT2D eigenvalue weighted by molar-refractivity contribution is -0.137. The number of hydrogen-bond donors (Lipinski definition) is 1. The summed E-state index contributed by atoms with van der Waals surface area (Å²) in [6.07, 6.45) is -5.00. The van der Waals surface area contributed by atoms with Crippen molar-refractivity contribution in [3.05, 3.63) is 0 Å². The van der Waals surface area contributed by atoms with E-state index in [0.717, 1.165) is 0 Å². The number of alkyl halides is 3. The van der Waals surface area contributed by atoms with Crippen molar-refractivity contribution in [2.24, 2.45) is 11.7 Å². The highest BCUT2D eigenvalue weighted by Gasteiger charge is 2.52. The van der Waals surface area contributed by atoms with E-state index in [0.29, 0.717) is 6.61 Å². The van der Waals surface area contributed by atoms with E-state index in [9.17, 15) is 13.2 Å². The Hall–Kier alpha value is -0.290. The molecular weight excluding hydrogens is 195 g/mol. The minimum Gasteiger partial charge on any atom is -0.368 e. The molecule has 5 heteroatoms. The summed E-state index contributed by atoms with van der Waals surface area (Å²) >= 11 is 0. The Labute approximate surface area is 81.6 Å². The Bertz CT molecular complexity index is 199. The van der Waals surface area contributed by atoms with Gasteiger partial charge >= 0.3 is 6.18 Å². The van der Waals surface area contributed by atoms with Gasteiger partial charge in [-0.05, 0) is 12.3 Å². The molecule has 2 nitrogen and oxygen atoms in total. The van der Waals surface area contributed by atoms with Gasteiger partial charge in [0.15, 0.2) is 0 Å². The summed E-state index contributed by atoms with van der Waals surface area (Å²) in [6.45, 7) is 4.32. The number of halogens is 3. The van der Waals surface area contributed by atoms with Crippen LogP contribution in [0.25, 0.3) is 0 Å². The second kappa shape index (κ2) is 3.70. The number of ether oxygens (including phenoxy) is 1. The van der Waals surface area contributed by atoms with Crippen LogP contribution in [0.4, 0.5) is 13.2 Å². The smallest absolute Gasteiger partial charge is 0.368 e. The van der Waals surface area contributed by atoms with Crippen LogP contribution >= 0.6 is 0 Å². The van der Waals surface area contributed by atoms with Crippen LogP contribution in [-0.2, 0) is 4.74 Å². The highest BCUT2D eigenvalue weighted by atomic mass is 19.4. The average Bonchev–Trinajstić information content (AvgIpc) is 2.78. The maximum atomic E-state index is 11.9. The van der Waals surface area contributed by atoms with Gasteiger partial charge in [0.1, 0.15) is 5.60 Å². The van der Waals surface area contributed by atoms with E-state index in [4.69, 9.17) is 10.5 Å². The molecule has 0 spiro atoms. The van der Waals surface area contributed by atoms with E-state index in [2.05, 4.69) is 0 Å². The van der Waals surface area contributed by atoms with Crippen LogP contribution in [0.1, 0.15) is 26.7 Å². The van der Waals surface area contributed by atoms with Crippen molar-refractivity contribution >= 4 is 0 Å². The topological polar surface area (TPSA) is 38.5 Å². The van der Waals surface area contributed by atoms with E-state index < -0.39 is 24.2 Å². The number of hydrogen-bond acceptors (Lipinski definition) is 2. The average molecular weight is 211 g/mol. The molecule has 14 heavy (non-hydrogen) atoms. The first kappa shape index (κ1) is 11.8. The van der Waals surface area contributed by atoms with Crippen molar-refractivity contribution in [1.29, 1.82) is 0 Å². The Morgan fingerprint density at radius 3 is 2.21 bits per heavy atom. The second-order valence-corrected chi connectivity index (χ2v) is 4.16. The summed E-state index contributed by atoms with van der Waals surface area (Å²) in [5.41, 5.74) is 5.20. The van der Waals surface area contributed by atoms with Crippen molar-refractivity contribution in [3.8, 4) is 0 Å². The summed E-state index contributed by atoms with van der Waals surface area (Å²) in [7, 11) is 0. The normalized spacial score (nSPS) is 29.4. The fourth-order valence-electron chi connectivity index (χ4n) is 1.62. The molecule has 1 rings (SSSR count). The van der Waals surface area contributed by atoms with Gasteiger partial charge in [0, 0.05) is 12.5 Å². The summed E-state index contributed by atoms with van der Waals surface area (Å²) in [5, 5.41) is 0. The molecule has 0 aliphatic carbocycles. The van der Waals surface area contributed by atoms with Gasteiger partial charge in [0.2, 0.25) is 0 Å². The number of nitrogens with two attached hydrogens (primary N) is 1. The van der Waals surface area contributed by atoms with Gasteiger partial charge in [0.25, 0.3) is 0 Å². The third-order valence-corrected chi connectivity index (χ3v) is 2.82. The molecule has 1 heterocycles. The first-order valence-corrected chi connectivity index (χ1v) is 4.74. The Morgan fingerprint density at radius 1 is 1.43 bits per heavy atom. The van der Waals surface area contributed by atoms with Crippen molar-refractivity contribution in [1.82, 2.24) is 0 Å². The zero-order chi connectivity index (χ0) is 11.0. The first-order valence-electron chi connectivity index (χ1n) is 4.74. The summed E-state index contributed by atoms with van der Waals surface area (Å²) in [5.74, 6) is 0.172. The van der Waals surface area contributed by atoms with Crippen LogP contribution in [-0.4, -0.2) is 24.4 Å². The number of epoxide rings is 1. The minimum absolute atomic E-state index is 0.0539. The zero-order valence-corrected chi connectivity index (χ0v) is 8.40. The molecule has 1 aliphatic heterocycles. The highest BCUT2D eigenvalue weighted by Crippen LogP contribution is 2.40. The minimum atomic E-state index is -4.12. The lowest BCUT2D eigenvalue weighted by atomic mass is 9.87. The molecule has 2 N–H and O–H groups in total. The van der Waals surface area contributed by atoms with Crippen LogP contribution in [0.3, 0.4) is 0 Å². The van der Waals surface area contributed by atoms with E-state index in [1.165, 1.54) is 0 Å². The molecular formula is C9H16F3NO. The van der Waals surface area contributed by atoms with Gasteiger partial charge in [-0.2, -0.15) is 13.2 Å². The van der Waals surface area contributed by atoms with Crippen molar-refractivity contribution in [2.45, 2.75) is 44.5 Å². The fourth-order valence-corrected chi connectivity index (χ4v) is 1.62. The molecule has 1 fully saturated rings. The third kappa shape index (κ3) is 2.60. The lowest BCUT2D eigenvalue weighted by Crippen LogP contribution is -2.42. The molecule has 0 radical (unpaired) electrons. The van der Waals surface area contributed by atoms with Gasteiger partial charge < -0.3 is 10.5 Å². The van der Waals surface area contributed by atoms with E-state index in [1.54, 1.807) is 0 Å². The first-order chi connectivity index (χ1) is 6.28. The van der Waals surface area contributed by atoms with Crippen molar-refractivity contribution in [3.63, 3.8) is 0 Å². The fraction of sp³-hybridized carbons (Fsp3) is 1.00. The molecule has 1 saturated heterocycles. The second-order valence-electron chi connectivity index (χ2n) is 4.16. The van der Waals surface area contributed by atoms with Crippen molar-refractivity contribution < 1.29 is 17.9 Å².